The van der Waals surface area contributed by atoms with E-state index in [1.54, 1.807) is 46.9 Å². The Morgan fingerprint density at radius 3 is 2.79 bits per heavy atom. The summed E-state index contributed by atoms with van der Waals surface area (Å²) >= 11 is 0. The van der Waals surface area contributed by atoms with Gasteiger partial charge in [0, 0.05) is 38.1 Å². The lowest BCUT2D eigenvalue weighted by atomic mass is 10.1. The summed E-state index contributed by atoms with van der Waals surface area (Å²) in [6, 6.07) is 5.40. The Bertz CT molecular complexity index is 1670. The van der Waals surface area contributed by atoms with Crippen molar-refractivity contribution in [2.45, 2.75) is 20.0 Å². The molecule has 0 aromatic carbocycles. The summed E-state index contributed by atoms with van der Waals surface area (Å²) in [6.45, 7) is 3.98. The van der Waals surface area contributed by atoms with Crippen molar-refractivity contribution in [1.82, 2.24) is 49.3 Å². The normalized spacial score (nSPS) is 13.4. The van der Waals surface area contributed by atoms with Gasteiger partial charge in [0.05, 0.1) is 54.4 Å². The van der Waals surface area contributed by atoms with E-state index in [0.717, 1.165) is 16.8 Å². The smallest absolute Gasteiger partial charge is 0.294 e. The number of nitrogens with zero attached hydrogens (tertiary/aromatic N) is 10. The number of aromatic nitrogens is 9. The Labute approximate surface area is 216 Å². The first-order valence-electron chi connectivity index (χ1n) is 11.9. The Morgan fingerprint density at radius 2 is 1.95 bits per heavy atom. The van der Waals surface area contributed by atoms with Gasteiger partial charge in [0.1, 0.15) is 0 Å². The first-order chi connectivity index (χ1) is 18.4. The van der Waals surface area contributed by atoms with E-state index in [-0.39, 0.29) is 18.3 Å². The van der Waals surface area contributed by atoms with Gasteiger partial charge >= 0.3 is 0 Å². The van der Waals surface area contributed by atoms with Gasteiger partial charge in [0.2, 0.25) is 11.7 Å². The Morgan fingerprint density at radius 1 is 1.05 bits per heavy atom. The summed E-state index contributed by atoms with van der Waals surface area (Å²) in [5.74, 6) is -0.495. The molecule has 0 bridgehead atoms. The molecule has 0 saturated heterocycles. The summed E-state index contributed by atoms with van der Waals surface area (Å²) in [5.41, 5.74) is 4.90. The van der Waals surface area contributed by atoms with E-state index in [1.807, 2.05) is 35.0 Å². The molecule has 0 aliphatic carbocycles. The number of anilines is 2. The average Bonchev–Trinajstić information content (AvgIpc) is 3.64. The van der Waals surface area contributed by atoms with Crippen LogP contribution in [0.3, 0.4) is 0 Å². The second-order valence-electron chi connectivity index (χ2n) is 9.09. The first kappa shape index (κ1) is 23.4. The molecule has 0 unspecified atom stereocenters. The van der Waals surface area contributed by atoms with Crippen LogP contribution in [-0.4, -0.2) is 74.2 Å². The lowest BCUT2D eigenvalue weighted by molar-refractivity contribution is -0.117. The van der Waals surface area contributed by atoms with Gasteiger partial charge in [-0.1, -0.05) is 5.21 Å². The fraction of sp³-hybridized carbons (Fsp3) is 0.250. The zero-order valence-corrected chi connectivity index (χ0v) is 20.7. The maximum atomic E-state index is 13.1. The molecule has 0 radical (unpaired) electrons. The van der Waals surface area contributed by atoms with Crippen LogP contribution in [-0.2, 0) is 24.9 Å². The molecule has 5 aromatic rings. The molecule has 14 nitrogen and oxygen atoms in total. The molecule has 0 spiro atoms. The predicted octanol–water partition coefficient (Wildman–Crippen LogP) is 1.13. The topological polar surface area (TPSA) is 153 Å². The molecule has 6 heterocycles. The Balaban J connectivity index is 1.14. The highest BCUT2D eigenvalue weighted by Crippen LogP contribution is 2.22. The number of fused-ring (bicyclic) bond motifs is 2. The molecule has 192 valence electrons. The van der Waals surface area contributed by atoms with Gasteiger partial charge in [0.25, 0.3) is 5.91 Å². The van der Waals surface area contributed by atoms with Crippen molar-refractivity contribution in [3.05, 3.63) is 66.4 Å². The summed E-state index contributed by atoms with van der Waals surface area (Å²) in [4.78, 5) is 32.1. The van der Waals surface area contributed by atoms with Gasteiger partial charge < -0.3 is 10.6 Å². The largest absolute Gasteiger partial charge is 0.324 e. The third-order valence-corrected chi connectivity index (χ3v) is 6.35. The minimum atomic E-state index is -0.446. The molecule has 0 atom stereocenters. The SMILES string of the molecule is Cc1ncc(NC(=O)CN2CCn3nncc3C2)cc1NC(=O)c1nnc2cc(-c3cnn(C)c3)ccn12. The molecular weight excluding hydrogens is 488 g/mol. The highest BCUT2D eigenvalue weighted by molar-refractivity contribution is 6.03. The maximum Gasteiger partial charge on any atom is 0.294 e. The van der Waals surface area contributed by atoms with Crippen molar-refractivity contribution < 1.29 is 9.59 Å². The van der Waals surface area contributed by atoms with Crippen molar-refractivity contribution >= 4 is 28.8 Å². The molecule has 0 fully saturated rings. The van der Waals surface area contributed by atoms with Crippen LogP contribution in [0.2, 0.25) is 0 Å². The molecule has 14 heteroatoms. The van der Waals surface area contributed by atoms with E-state index in [1.165, 1.54) is 0 Å². The fourth-order valence-corrected chi connectivity index (χ4v) is 4.37. The number of rotatable bonds is 6. The van der Waals surface area contributed by atoms with Gasteiger partial charge in [-0.15, -0.1) is 15.3 Å². The molecular formula is C24H24N12O2. The number of hydrogen-bond acceptors (Lipinski definition) is 9. The number of carbonyl (C=O) groups is 2. The lowest BCUT2D eigenvalue weighted by Gasteiger charge is -2.26. The fourth-order valence-electron chi connectivity index (χ4n) is 4.37. The molecule has 2 amide bonds. The quantitative estimate of drug-likeness (QED) is 0.341. The van der Waals surface area contributed by atoms with E-state index in [4.69, 9.17) is 0 Å². The first-order valence-corrected chi connectivity index (χ1v) is 11.9. The number of amides is 2. The lowest BCUT2D eigenvalue weighted by Crippen LogP contribution is -2.39. The molecule has 1 aliphatic rings. The monoisotopic (exact) mass is 512 g/mol. The minimum Gasteiger partial charge on any atom is -0.324 e. The van der Waals surface area contributed by atoms with Crippen molar-refractivity contribution in [3.8, 4) is 11.1 Å². The molecule has 5 aromatic heterocycles. The molecule has 38 heavy (non-hydrogen) atoms. The van der Waals surface area contributed by atoms with Crippen LogP contribution in [0.1, 0.15) is 22.0 Å². The Hall–Kier alpha value is -4.98. The van der Waals surface area contributed by atoms with Gasteiger partial charge in [0.15, 0.2) is 5.65 Å². The third-order valence-electron chi connectivity index (χ3n) is 6.35. The highest BCUT2D eigenvalue weighted by atomic mass is 16.2. The number of nitrogens with one attached hydrogen (secondary N) is 2. The summed E-state index contributed by atoms with van der Waals surface area (Å²) in [6.07, 6.45) is 8.68. The van der Waals surface area contributed by atoms with Crippen LogP contribution in [0.5, 0.6) is 0 Å². The maximum absolute atomic E-state index is 13.1. The van der Waals surface area contributed by atoms with Gasteiger partial charge in [-0.05, 0) is 30.7 Å². The number of hydrogen-bond donors (Lipinski definition) is 2. The third kappa shape index (κ3) is 4.59. The second kappa shape index (κ2) is 9.48. The van der Waals surface area contributed by atoms with Crippen molar-refractivity contribution in [3.63, 3.8) is 0 Å². The van der Waals surface area contributed by atoms with Crippen molar-refractivity contribution in [1.29, 1.82) is 0 Å². The van der Waals surface area contributed by atoms with E-state index < -0.39 is 5.91 Å². The standard InChI is InChI=1S/C24H24N12O2/c1-15-20(8-18(10-25-15)28-22(37)14-34-5-6-36-19(13-34)11-26-32-36)29-24(38)23-31-30-21-7-16(3-4-35(21)23)17-9-27-33(2)12-17/h3-4,7-12H,5-6,13-14H2,1-2H3,(H,28,37)(H,29,38). The number of aryl methyl sites for hydroxylation is 2. The van der Waals surface area contributed by atoms with Crippen LogP contribution in [0.25, 0.3) is 16.8 Å². The van der Waals surface area contributed by atoms with E-state index >= 15 is 0 Å². The molecule has 0 saturated carbocycles. The number of carbonyl (C=O) groups excluding carboxylic acids is 2. The average molecular weight is 513 g/mol. The zero-order valence-electron chi connectivity index (χ0n) is 20.7. The van der Waals surface area contributed by atoms with Crippen molar-refractivity contribution in [2.75, 3.05) is 23.7 Å². The summed E-state index contributed by atoms with van der Waals surface area (Å²) < 4.78 is 5.17. The van der Waals surface area contributed by atoms with E-state index in [2.05, 4.69) is 41.2 Å². The van der Waals surface area contributed by atoms with Crippen LogP contribution in [0.15, 0.2) is 49.2 Å². The van der Waals surface area contributed by atoms with Crippen LogP contribution >= 0.6 is 0 Å². The minimum absolute atomic E-state index is 0.130. The predicted molar refractivity (Wildman–Crippen MR) is 136 cm³/mol. The highest BCUT2D eigenvalue weighted by Gasteiger charge is 2.20. The molecule has 2 N–H and O–H groups in total. The van der Waals surface area contributed by atoms with Crippen LogP contribution in [0, 0.1) is 6.92 Å². The molecule has 6 rings (SSSR count). The number of pyridine rings is 2. The second-order valence-corrected chi connectivity index (χ2v) is 9.09. The van der Waals surface area contributed by atoms with Crippen molar-refractivity contribution in [2.24, 2.45) is 7.05 Å². The van der Waals surface area contributed by atoms with Gasteiger partial charge in [-0.25, -0.2) is 4.68 Å². The van der Waals surface area contributed by atoms with Crippen LogP contribution in [0.4, 0.5) is 11.4 Å². The summed E-state index contributed by atoms with van der Waals surface area (Å²) in [7, 11) is 1.85. The van der Waals surface area contributed by atoms with E-state index in [0.29, 0.717) is 42.4 Å². The zero-order chi connectivity index (χ0) is 26.2. The molecule has 1 aliphatic heterocycles. The van der Waals surface area contributed by atoms with Crippen LogP contribution < -0.4 is 10.6 Å². The Kier molecular flexibility index (Phi) is 5.84. The van der Waals surface area contributed by atoms with Gasteiger partial charge in [-0.3, -0.25) is 28.6 Å². The summed E-state index contributed by atoms with van der Waals surface area (Å²) in [5, 5.41) is 26.1. The van der Waals surface area contributed by atoms with Gasteiger partial charge in [-0.2, -0.15) is 5.10 Å². The van der Waals surface area contributed by atoms with E-state index in [9.17, 15) is 9.59 Å².